The molecule has 0 aromatic heterocycles. The van der Waals surface area contributed by atoms with Crippen molar-refractivity contribution in [2.45, 2.75) is 13.0 Å². The lowest BCUT2D eigenvalue weighted by atomic mass is 10.1. The minimum atomic E-state index is -1.46. The SMILES string of the molecule is CCOC(=O)C(N=[N+]=[N-])C(=O)c1ccccc1. The summed E-state index contributed by atoms with van der Waals surface area (Å²) in [5.41, 5.74) is 8.65. The van der Waals surface area contributed by atoms with Crippen molar-refractivity contribution in [1.29, 1.82) is 0 Å². The number of ether oxygens (including phenoxy) is 1. The Bertz CT molecular complexity index is 452. The molecule has 1 aromatic carbocycles. The van der Waals surface area contributed by atoms with Crippen molar-refractivity contribution in [3.8, 4) is 0 Å². The highest BCUT2D eigenvalue weighted by Crippen LogP contribution is 2.08. The maximum Gasteiger partial charge on any atom is 0.322 e. The van der Waals surface area contributed by atoms with E-state index in [0.717, 1.165) is 0 Å². The maximum atomic E-state index is 11.9. The molecule has 6 heteroatoms. The van der Waals surface area contributed by atoms with E-state index in [-0.39, 0.29) is 6.61 Å². The van der Waals surface area contributed by atoms with E-state index in [2.05, 4.69) is 14.8 Å². The Morgan fingerprint density at radius 3 is 2.59 bits per heavy atom. The van der Waals surface area contributed by atoms with Crippen LogP contribution in [0.4, 0.5) is 0 Å². The Labute approximate surface area is 97.8 Å². The van der Waals surface area contributed by atoms with Gasteiger partial charge in [0.2, 0.25) is 0 Å². The number of carbonyl (C=O) groups is 2. The lowest BCUT2D eigenvalue weighted by molar-refractivity contribution is -0.143. The number of benzene rings is 1. The zero-order chi connectivity index (χ0) is 12.7. The minimum Gasteiger partial charge on any atom is -0.465 e. The number of nitrogens with zero attached hydrogens (tertiary/aromatic N) is 3. The largest absolute Gasteiger partial charge is 0.465 e. The van der Waals surface area contributed by atoms with Crippen LogP contribution in [0.2, 0.25) is 0 Å². The summed E-state index contributed by atoms with van der Waals surface area (Å²) >= 11 is 0. The molecule has 1 atom stereocenters. The number of rotatable bonds is 5. The molecule has 0 aliphatic carbocycles. The summed E-state index contributed by atoms with van der Waals surface area (Å²) in [6, 6.07) is 6.69. The third kappa shape index (κ3) is 3.32. The molecule has 1 aromatic rings. The van der Waals surface area contributed by atoms with Crippen LogP contribution in [0.3, 0.4) is 0 Å². The predicted molar refractivity (Wildman–Crippen MR) is 60.3 cm³/mol. The van der Waals surface area contributed by atoms with Gasteiger partial charge in [-0.2, -0.15) is 0 Å². The number of carbonyl (C=O) groups excluding carboxylic acids is 2. The monoisotopic (exact) mass is 233 g/mol. The molecule has 0 aliphatic heterocycles. The zero-order valence-corrected chi connectivity index (χ0v) is 9.24. The van der Waals surface area contributed by atoms with Gasteiger partial charge >= 0.3 is 5.97 Å². The molecule has 0 fully saturated rings. The summed E-state index contributed by atoms with van der Waals surface area (Å²) < 4.78 is 4.67. The Hall–Kier alpha value is -2.33. The van der Waals surface area contributed by atoms with E-state index in [9.17, 15) is 9.59 Å². The van der Waals surface area contributed by atoms with Gasteiger partial charge < -0.3 is 4.74 Å². The number of hydrogen-bond donors (Lipinski definition) is 0. The van der Waals surface area contributed by atoms with Crippen LogP contribution in [0.15, 0.2) is 35.4 Å². The van der Waals surface area contributed by atoms with Crippen molar-refractivity contribution in [3.63, 3.8) is 0 Å². The van der Waals surface area contributed by atoms with E-state index in [0.29, 0.717) is 5.56 Å². The first-order chi connectivity index (χ1) is 8.20. The lowest BCUT2D eigenvalue weighted by Crippen LogP contribution is -2.29. The van der Waals surface area contributed by atoms with E-state index in [1.165, 1.54) is 0 Å². The van der Waals surface area contributed by atoms with Gasteiger partial charge in [-0.25, -0.2) is 0 Å². The topological polar surface area (TPSA) is 92.1 Å². The van der Waals surface area contributed by atoms with Crippen molar-refractivity contribution in [2.24, 2.45) is 5.11 Å². The molecule has 1 unspecified atom stereocenters. The fraction of sp³-hybridized carbons (Fsp3) is 0.273. The fourth-order valence-electron chi connectivity index (χ4n) is 1.24. The summed E-state index contributed by atoms with van der Waals surface area (Å²) in [5.74, 6) is -1.40. The molecule has 0 aliphatic rings. The molecule has 0 saturated carbocycles. The highest BCUT2D eigenvalue weighted by molar-refractivity contribution is 6.12. The van der Waals surface area contributed by atoms with Crippen molar-refractivity contribution in [1.82, 2.24) is 0 Å². The Kier molecular flexibility index (Phi) is 4.72. The molecule has 6 nitrogen and oxygen atoms in total. The van der Waals surface area contributed by atoms with Gasteiger partial charge in [-0.05, 0) is 12.5 Å². The van der Waals surface area contributed by atoms with Gasteiger partial charge in [0.05, 0.1) is 6.61 Å². The summed E-state index contributed by atoms with van der Waals surface area (Å²) in [6.07, 6.45) is 0. The van der Waals surface area contributed by atoms with Crippen molar-refractivity contribution < 1.29 is 14.3 Å². The normalized spacial score (nSPS) is 11.1. The Morgan fingerprint density at radius 1 is 1.41 bits per heavy atom. The minimum absolute atomic E-state index is 0.123. The molecule has 0 amide bonds. The second kappa shape index (κ2) is 6.30. The van der Waals surface area contributed by atoms with Crippen LogP contribution in [0.5, 0.6) is 0 Å². The number of ketones is 1. The quantitative estimate of drug-likeness (QED) is 0.195. The van der Waals surface area contributed by atoms with Crippen LogP contribution >= 0.6 is 0 Å². The third-order valence-electron chi connectivity index (χ3n) is 1.98. The van der Waals surface area contributed by atoms with Gasteiger partial charge in [0.1, 0.15) is 0 Å². The van der Waals surface area contributed by atoms with Crippen LogP contribution in [-0.4, -0.2) is 24.4 Å². The van der Waals surface area contributed by atoms with E-state index in [1.54, 1.807) is 37.3 Å². The van der Waals surface area contributed by atoms with Gasteiger partial charge in [-0.1, -0.05) is 35.4 Å². The number of esters is 1. The summed E-state index contributed by atoms with van der Waals surface area (Å²) in [4.78, 5) is 25.8. The number of azide groups is 1. The molecule has 1 rings (SSSR count). The maximum absolute atomic E-state index is 11.9. The number of Topliss-reactive ketones (excluding diaryl/α,β-unsaturated/α-hetero) is 1. The van der Waals surface area contributed by atoms with Crippen LogP contribution in [0.1, 0.15) is 17.3 Å². The average Bonchev–Trinajstić information content (AvgIpc) is 2.36. The van der Waals surface area contributed by atoms with Gasteiger partial charge in [-0.3, -0.25) is 9.59 Å². The fourth-order valence-corrected chi connectivity index (χ4v) is 1.24. The molecule has 0 heterocycles. The second-order valence-electron chi connectivity index (χ2n) is 3.09. The Balaban J connectivity index is 2.96. The van der Waals surface area contributed by atoms with Gasteiger partial charge in [-0.15, -0.1) is 0 Å². The standard InChI is InChI=1S/C11H11N3O3/c1-2-17-11(16)9(13-14-12)10(15)8-6-4-3-5-7-8/h3-7,9H,2H2,1H3. The molecule has 0 radical (unpaired) electrons. The lowest BCUT2D eigenvalue weighted by Gasteiger charge is -2.08. The molecule has 17 heavy (non-hydrogen) atoms. The second-order valence-corrected chi connectivity index (χ2v) is 3.09. The molecule has 88 valence electrons. The van der Waals surface area contributed by atoms with Crippen molar-refractivity contribution in [3.05, 3.63) is 46.3 Å². The first-order valence-corrected chi connectivity index (χ1v) is 5.00. The molecule has 0 saturated heterocycles. The molecular formula is C11H11N3O3. The van der Waals surface area contributed by atoms with Crippen LogP contribution < -0.4 is 0 Å². The first-order valence-electron chi connectivity index (χ1n) is 5.00. The Morgan fingerprint density at radius 2 is 2.06 bits per heavy atom. The van der Waals surface area contributed by atoms with Gasteiger partial charge in [0.15, 0.2) is 11.8 Å². The van der Waals surface area contributed by atoms with Crippen LogP contribution in [-0.2, 0) is 9.53 Å². The van der Waals surface area contributed by atoms with Crippen LogP contribution in [0, 0.1) is 0 Å². The zero-order valence-electron chi connectivity index (χ0n) is 9.24. The average molecular weight is 233 g/mol. The van der Waals surface area contributed by atoms with Crippen molar-refractivity contribution >= 4 is 11.8 Å². The molecular weight excluding hydrogens is 222 g/mol. The van der Waals surface area contributed by atoms with Crippen molar-refractivity contribution in [2.75, 3.05) is 6.61 Å². The third-order valence-corrected chi connectivity index (χ3v) is 1.98. The molecule has 0 N–H and O–H groups in total. The van der Waals surface area contributed by atoms with Gasteiger partial charge in [0.25, 0.3) is 0 Å². The van der Waals surface area contributed by atoms with Gasteiger partial charge in [0, 0.05) is 10.5 Å². The summed E-state index contributed by atoms with van der Waals surface area (Å²) in [6.45, 7) is 1.73. The summed E-state index contributed by atoms with van der Waals surface area (Å²) in [7, 11) is 0. The molecule has 0 spiro atoms. The predicted octanol–water partition coefficient (Wildman–Crippen LogP) is 2.11. The van der Waals surface area contributed by atoms with E-state index < -0.39 is 17.8 Å². The smallest absolute Gasteiger partial charge is 0.322 e. The van der Waals surface area contributed by atoms with E-state index in [1.807, 2.05) is 0 Å². The summed E-state index contributed by atoms with van der Waals surface area (Å²) in [5, 5.41) is 3.18. The first kappa shape index (κ1) is 12.7. The highest BCUT2D eigenvalue weighted by Gasteiger charge is 2.27. The molecule has 0 bridgehead atoms. The number of hydrogen-bond acceptors (Lipinski definition) is 4. The van der Waals surface area contributed by atoms with E-state index in [4.69, 9.17) is 5.53 Å². The highest BCUT2D eigenvalue weighted by atomic mass is 16.5. The van der Waals surface area contributed by atoms with E-state index >= 15 is 0 Å². The van der Waals surface area contributed by atoms with Crippen LogP contribution in [0.25, 0.3) is 10.4 Å².